The Morgan fingerprint density at radius 2 is 1.19 bits per heavy atom. The molecule has 0 radical (unpaired) electrons. The van der Waals surface area contributed by atoms with Crippen LogP contribution >= 0.6 is 7.92 Å². The van der Waals surface area contributed by atoms with E-state index in [4.69, 9.17) is 0 Å². The Labute approximate surface area is 216 Å². The highest BCUT2D eigenvalue weighted by Crippen LogP contribution is 2.36. The summed E-state index contributed by atoms with van der Waals surface area (Å²) < 4.78 is 0. The second kappa shape index (κ2) is 11.3. The zero-order valence-electron chi connectivity index (χ0n) is 21.4. The number of hydrogen-bond acceptors (Lipinski definition) is 2. The van der Waals surface area contributed by atoms with Gasteiger partial charge in [0, 0.05) is 27.8 Å². The van der Waals surface area contributed by atoms with Crippen LogP contribution in [0.25, 0.3) is 0 Å². The number of carbonyl (C=O) groups excluding carboxylic acids is 1. The van der Waals surface area contributed by atoms with Crippen molar-refractivity contribution in [3.8, 4) is 0 Å². The molecule has 0 aliphatic rings. The monoisotopic (exact) mass is 489 g/mol. The molecular formula is C33H32NOP. The zero-order valence-corrected chi connectivity index (χ0v) is 22.3. The first-order valence-electron chi connectivity index (χ1n) is 12.1. The lowest BCUT2D eigenvalue weighted by Gasteiger charge is -2.24. The standard InChI is InChI=1S/C33H32NOP/c1-23(2)32(26(5)33(35)31-24(3)15-14-16-25(31)4)34-29-21-12-13-22-30(29)36(27-17-8-6-9-18-27)28-19-10-7-11-20-28/h6-22,34H,1H2,2-5H3/b32-26-. The van der Waals surface area contributed by atoms with Crippen molar-refractivity contribution < 1.29 is 4.79 Å². The van der Waals surface area contributed by atoms with Crippen LogP contribution in [0.15, 0.2) is 127 Å². The number of aryl methyl sites for hydroxylation is 2. The number of hydrogen-bond donors (Lipinski definition) is 1. The van der Waals surface area contributed by atoms with Crippen LogP contribution in [0.1, 0.15) is 35.3 Å². The zero-order chi connectivity index (χ0) is 25.7. The number of allylic oxidation sites excluding steroid dienone is 2. The lowest BCUT2D eigenvalue weighted by atomic mass is 9.93. The number of benzene rings is 4. The van der Waals surface area contributed by atoms with Gasteiger partial charge in [0.05, 0.1) is 0 Å². The van der Waals surface area contributed by atoms with Crippen molar-refractivity contribution >= 4 is 35.3 Å². The highest BCUT2D eigenvalue weighted by molar-refractivity contribution is 7.80. The molecule has 0 atom stereocenters. The van der Waals surface area contributed by atoms with Gasteiger partial charge in [0.1, 0.15) is 0 Å². The highest BCUT2D eigenvalue weighted by atomic mass is 31.1. The van der Waals surface area contributed by atoms with Gasteiger partial charge in [-0.1, -0.05) is 104 Å². The molecule has 2 nitrogen and oxygen atoms in total. The Morgan fingerprint density at radius 1 is 0.694 bits per heavy atom. The second-order valence-corrected chi connectivity index (χ2v) is 11.2. The van der Waals surface area contributed by atoms with Crippen molar-refractivity contribution in [2.75, 3.05) is 5.32 Å². The minimum Gasteiger partial charge on any atom is -0.354 e. The van der Waals surface area contributed by atoms with E-state index in [0.717, 1.165) is 33.6 Å². The molecule has 0 saturated carbocycles. The molecule has 4 rings (SSSR count). The first-order valence-corrected chi connectivity index (χ1v) is 13.5. The maximum Gasteiger partial charge on any atom is 0.191 e. The van der Waals surface area contributed by atoms with E-state index < -0.39 is 7.92 Å². The molecule has 0 heterocycles. The van der Waals surface area contributed by atoms with E-state index >= 15 is 0 Å². The summed E-state index contributed by atoms with van der Waals surface area (Å²) >= 11 is 0. The Balaban J connectivity index is 1.82. The molecule has 0 amide bonds. The van der Waals surface area contributed by atoms with Gasteiger partial charge in [-0.15, -0.1) is 0 Å². The molecule has 0 saturated heterocycles. The van der Waals surface area contributed by atoms with Gasteiger partial charge < -0.3 is 5.32 Å². The van der Waals surface area contributed by atoms with Gasteiger partial charge in [-0.05, 0) is 69.0 Å². The predicted molar refractivity (Wildman–Crippen MR) is 157 cm³/mol. The van der Waals surface area contributed by atoms with Crippen molar-refractivity contribution in [1.29, 1.82) is 0 Å². The number of ketones is 1. The largest absolute Gasteiger partial charge is 0.354 e. The van der Waals surface area contributed by atoms with Gasteiger partial charge in [-0.3, -0.25) is 4.79 Å². The third kappa shape index (κ3) is 5.40. The number of nitrogens with one attached hydrogen (secondary N) is 1. The van der Waals surface area contributed by atoms with Gasteiger partial charge in [-0.25, -0.2) is 0 Å². The van der Waals surface area contributed by atoms with Gasteiger partial charge in [-0.2, -0.15) is 0 Å². The topological polar surface area (TPSA) is 29.1 Å². The van der Waals surface area contributed by atoms with Gasteiger partial charge in [0.2, 0.25) is 0 Å². The second-order valence-electron chi connectivity index (χ2n) is 9.02. The molecule has 180 valence electrons. The molecule has 0 aliphatic heterocycles. The Kier molecular flexibility index (Phi) is 7.98. The first kappa shape index (κ1) is 25.4. The van der Waals surface area contributed by atoms with E-state index in [9.17, 15) is 4.79 Å². The number of carbonyl (C=O) groups is 1. The molecule has 0 bridgehead atoms. The number of rotatable bonds is 8. The lowest BCUT2D eigenvalue weighted by molar-refractivity contribution is 0.103. The lowest BCUT2D eigenvalue weighted by Crippen LogP contribution is -2.23. The fourth-order valence-corrected chi connectivity index (χ4v) is 6.89. The van der Waals surface area contributed by atoms with E-state index in [0.29, 0.717) is 5.57 Å². The van der Waals surface area contributed by atoms with Crippen molar-refractivity contribution in [3.05, 3.63) is 143 Å². The van der Waals surface area contributed by atoms with Crippen LogP contribution in [0.4, 0.5) is 5.69 Å². The molecule has 0 aliphatic carbocycles. The molecule has 3 heteroatoms. The predicted octanol–water partition coefficient (Wildman–Crippen LogP) is 7.21. The quantitative estimate of drug-likeness (QED) is 0.123. The number of para-hydroxylation sites is 1. The maximum atomic E-state index is 13.6. The van der Waals surface area contributed by atoms with Crippen molar-refractivity contribution in [2.45, 2.75) is 27.7 Å². The summed E-state index contributed by atoms with van der Waals surface area (Å²) in [4.78, 5) is 13.6. The molecule has 0 unspecified atom stereocenters. The summed E-state index contributed by atoms with van der Waals surface area (Å²) in [6.45, 7) is 12.0. The van der Waals surface area contributed by atoms with Crippen LogP contribution in [0.3, 0.4) is 0 Å². The van der Waals surface area contributed by atoms with E-state index in [1.165, 1.54) is 15.9 Å². The molecule has 36 heavy (non-hydrogen) atoms. The van der Waals surface area contributed by atoms with Crippen LogP contribution in [0.2, 0.25) is 0 Å². The molecule has 4 aromatic rings. The molecule has 0 spiro atoms. The maximum absolute atomic E-state index is 13.6. The Bertz CT molecular complexity index is 1360. The summed E-state index contributed by atoms with van der Waals surface area (Å²) in [6, 6.07) is 35.6. The summed E-state index contributed by atoms with van der Waals surface area (Å²) in [7, 11) is -0.805. The fourth-order valence-electron chi connectivity index (χ4n) is 4.48. The van der Waals surface area contributed by atoms with Gasteiger partial charge in [0.15, 0.2) is 5.78 Å². The molecule has 1 N–H and O–H groups in total. The van der Waals surface area contributed by atoms with E-state index in [2.05, 4.69) is 90.8 Å². The van der Waals surface area contributed by atoms with Crippen molar-refractivity contribution in [2.24, 2.45) is 0 Å². The summed E-state index contributed by atoms with van der Waals surface area (Å²) in [6.07, 6.45) is 0. The minimum absolute atomic E-state index is 0.0296. The molecule has 0 fully saturated rings. The van der Waals surface area contributed by atoms with Crippen molar-refractivity contribution in [3.63, 3.8) is 0 Å². The van der Waals surface area contributed by atoms with Crippen LogP contribution in [-0.2, 0) is 0 Å². The average molecular weight is 490 g/mol. The smallest absolute Gasteiger partial charge is 0.191 e. The molecule has 0 aromatic heterocycles. The van der Waals surface area contributed by atoms with Crippen molar-refractivity contribution in [1.82, 2.24) is 0 Å². The van der Waals surface area contributed by atoms with Crippen LogP contribution in [0.5, 0.6) is 0 Å². The van der Waals surface area contributed by atoms with Crippen LogP contribution < -0.4 is 21.2 Å². The summed E-state index contributed by atoms with van der Waals surface area (Å²) in [5.74, 6) is 0.0296. The normalized spacial score (nSPS) is 11.7. The number of Topliss-reactive ketones (excluding diaryl/α,β-unsaturated/α-hetero) is 1. The molecular weight excluding hydrogens is 457 g/mol. The third-order valence-electron chi connectivity index (χ3n) is 6.28. The minimum atomic E-state index is -0.805. The summed E-state index contributed by atoms with van der Waals surface area (Å²) in [5, 5.41) is 7.39. The van der Waals surface area contributed by atoms with E-state index in [1.807, 2.05) is 52.0 Å². The van der Waals surface area contributed by atoms with Crippen LogP contribution in [0, 0.1) is 13.8 Å². The van der Waals surface area contributed by atoms with E-state index in [1.54, 1.807) is 0 Å². The summed E-state index contributed by atoms with van der Waals surface area (Å²) in [5.41, 5.74) is 5.98. The van der Waals surface area contributed by atoms with Gasteiger partial charge in [0.25, 0.3) is 0 Å². The number of anilines is 1. The van der Waals surface area contributed by atoms with Crippen LogP contribution in [-0.4, -0.2) is 5.78 Å². The highest BCUT2D eigenvalue weighted by Gasteiger charge is 2.22. The Hall–Kier alpha value is -3.74. The third-order valence-corrected chi connectivity index (χ3v) is 8.78. The fraction of sp³-hybridized carbons (Fsp3) is 0.121. The first-order chi connectivity index (χ1) is 17.4. The Morgan fingerprint density at radius 3 is 1.72 bits per heavy atom. The van der Waals surface area contributed by atoms with E-state index in [-0.39, 0.29) is 5.78 Å². The van der Waals surface area contributed by atoms with Gasteiger partial charge >= 0.3 is 0 Å². The SMILES string of the molecule is C=C(C)/C(Nc1ccccc1P(c1ccccc1)c1ccccc1)=C(\C)C(=O)c1c(C)cccc1C. The average Bonchev–Trinajstić information content (AvgIpc) is 2.89. The molecule has 4 aromatic carbocycles.